The molecule has 1 aromatic heterocycles. The van der Waals surface area contributed by atoms with Crippen LogP contribution in [0.2, 0.25) is 0 Å². The number of nitrogens with zero attached hydrogens (tertiary/aromatic N) is 2. The van der Waals surface area contributed by atoms with Gasteiger partial charge in [-0.3, -0.25) is 0 Å². The second kappa shape index (κ2) is 35.4. The highest BCUT2D eigenvalue weighted by atomic mass is 14.9. The van der Waals surface area contributed by atoms with E-state index in [9.17, 15) is 0 Å². The van der Waals surface area contributed by atoms with E-state index in [1.165, 1.54) is 209 Å². The van der Waals surface area contributed by atoms with Crippen LogP contribution < -0.4 is 0 Å². The minimum atomic E-state index is 0.760. The number of unbranched alkanes of at least 4 members (excludes halogenated alkanes) is 3. The molecule has 15 aromatic carbocycles. The first-order valence-electron chi connectivity index (χ1n) is 39.7. The van der Waals surface area contributed by atoms with Gasteiger partial charge in [0, 0.05) is 18.0 Å². The summed E-state index contributed by atoms with van der Waals surface area (Å²) in [5, 5.41) is 0. The van der Waals surface area contributed by atoms with Gasteiger partial charge in [0.25, 0.3) is 0 Å². The number of aromatic nitrogens is 2. The van der Waals surface area contributed by atoms with E-state index in [2.05, 4.69) is 410 Å². The molecule has 0 spiro atoms. The van der Waals surface area contributed by atoms with Crippen LogP contribution in [-0.4, -0.2) is 9.97 Å². The summed E-state index contributed by atoms with van der Waals surface area (Å²) in [5.41, 5.74) is 44.8. The Bertz CT molecular complexity index is 5570. The van der Waals surface area contributed by atoms with Gasteiger partial charge < -0.3 is 0 Å². The molecule has 0 N–H and O–H groups in total. The van der Waals surface area contributed by atoms with Crippen molar-refractivity contribution in [3.05, 3.63) is 407 Å². The van der Waals surface area contributed by atoms with E-state index in [0.29, 0.717) is 0 Å². The Balaban J connectivity index is 0.000000141. The standard InChI is InChI=1S/C42H40N2.2C34H30/c1-4-5-6-7-16-32-28-43-42(44-29-32)39-26-37(33-17-12-19-35(23-33)40-21-10-8-14-30(40)2)25-38(27-39)34-18-13-20-36(24-34)41-22-11-9-15-31(41)3;1-23-14-24(2)17-33(16-23)31-12-6-10-29(21-31)27-8-5-9-28(20-27)30-11-7-13-32(22-30)34-18-25(3)15-26(4)19-34;1-23-15-24(2)18-33(17-23)31-9-5-7-29(21-31)27-11-13-28(14-12-27)30-8-6-10-32(22-30)34-19-25(3)16-26(4)20-34/h8-15,17-29H,4-7,16H2,1-3H3;2*5-22H,1-4H3. The monoisotopic (exact) mass is 1450 g/mol. The summed E-state index contributed by atoms with van der Waals surface area (Å²) in [6.45, 7) is 23.9. The van der Waals surface area contributed by atoms with Crippen molar-refractivity contribution in [2.24, 2.45) is 0 Å². The lowest BCUT2D eigenvalue weighted by Gasteiger charge is -2.13. The Kier molecular flexibility index (Phi) is 24.1. The molecule has 550 valence electrons. The van der Waals surface area contributed by atoms with Crippen LogP contribution in [-0.2, 0) is 6.42 Å². The Hall–Kier alpha value is -12.6. The van der Waals surface area contributed by atoms with Crippen molar-refractivity contribution >= 4 is 0 Å². The molecule has 112 heavy (non-hydrogen) atoms. The molecule has 0 aliphatic carbocycles. The molecule has 2 nitrogen and oxygen atoms in total. The quantitative estimate of drug-likeness (QED) is 0.0800. The summed E-state index contributed by atoms with van der Waals surface area (Å²) in [7, 11) is 0. The summed E-state index contributed by atoms with van der Waals surface area (Å²) in [4.78, 5) is 9.72. The third kappa shape index (κ3) is 19.1. The average molecular weight is 1450 g/mol. The van der Waals surface area contributed by atoms with Crippen molar-refractivity contribution in [2.75, 3.05) is 0 Å². The van der Waals surface area contributed by atoms with E-state index in [0.717, 1.165) is 28.9 Å². The molecule has 0 aliphatic heterocycles. The van der Waals surface area contributed by atoms with Crippen LogP contribution in [0.25, 0.3) is 145 Å². The van der Waals surface area contributed by atoms with E-state index in [1.807, 2.05) is 12.4 Å². The lowest BCUT2D eigenvalue weighted by Crippen LogP contribution is -1.95. The average Bonchev–Trinajstić information content (AvgIpc) is 0.793. The Labute approximate surface area is 666 Å². The van der Waals surface area contributed by atoms with Gasteiger partial charge in [-0.25, -0.2) is 9.97 Å². The van der Waals surface area contributed by atoms with E-state index < -0.39 is 0 Å². The molecular formula is C110H100N2. The third-order valence-corrected chi connectivity index (χ3v) is 21.3. The van der Waals surface area contributed by atoms with Gasteiger partial charge in [0.15, 0.2) is 5.82 Å². The molecule has 0 radical (unpaired) electrons. The lowest BCUT2D eigenvalue weighted by molar-refractivity contribution is 0.665. The third-order valence-electron chi connectivity index (χ3n) is 21.3. The molecule has 0 unspecified atom stereocenters. The molecular weight excluding hydrogens is 1350 g/mol. The largest absolute Gasteiger partial charge is 0.236 e. The Morgan fingerprint density at radius 1 is 0.188 bits per heavy atom. The number of rotatable bonds is 18. The minimum Gasteiger partial charge on any atom is -0.236 e. The maximum atomic E-state index is 4.86. The Morgan fingerprint density at radius 2 is 0.420 bits per heavy atom. The smallest absolute Gasteiger partial charge is 0.159 e. The highest BCUT2D eigenvalue weighted by Gasteiger charge is 2.15. The maximum absolute atomic E-state index is 4.86. The first kappa shape index (κ1) is 76.2. The SMILES string of the molecule is CCCCCCc1cnc(-c2cc(-c3cccc(-c4ccccc4C)c3)cc(-c3cccc(-c4ccccc4C)c3)c2)nc1.Cc1cc(C)cc(-c2cccc(-c3ccc(-c4cccc(-c5cc(C)cc(C)c5)c4)cc3)c2)c1.Cc1cc(C)cc(-c2cccc(-c3cccc(-c4cccc(-c5cc(C)cc(C)c5)c4)c3)c2)c1. The first-order chi connectivity index (χ1) is 54.5. The van der Waals surface area contributed by atoms with Crippen molar-refractivity contribution < 1.29 is 0 Å². The van der Waals surface area contributed by atoms with E-state index >= 15 is 0 Å². The van der Waals surface area contributed by atoms with Crippen LogP contribution in [0.15, 0.2) is 346 Å². The van der Waals surface area contributed by atoms with Crippen LogP contribution in [0.5, 0.6) is 0 Å². The summed E-state index contributed by atoms with van der Waals surface area (Å²) in [6, 6.07) is 122. The summed E-state index contributed by atoms with van der Waals surface area (Å²) < 4.78 is 0. The lowest BCUT2D eigenvalue weighted by atomic mass is 9.91. The molecule has 0 amide bonds. The molecule has 1 heterocycles. The van der Waals surface area contributed by atoms with Crippen molar-refractivity contribution in [1.82, 2.24) is 9.97 Å². The zero-order valence-electron chi connectivity index (χ0n) is 66.8. The zero-order chi connectivity index (χ0) is 77.6. The normalized spacial score (nSPS) is 11.0. The number of benzene rings is 15. The van der Waals surface area contributed by atoms with E-state index in [-0.39, 0.29) is 0 Å². The molecule has 0 saturated carbocycles. The molecule has 16 rings (SSSR count). The van der Waals surface area contributed by atoms with Crippen molar-refractivity contribution in [3.63, 3.8) is 0 Å². The molecule has 0 bridgehead atoms. The van der Waals surface area contributed by atoms with Crippen molar-refractivity contribution in [2.45, 2.75) is 108 Å². The second-order valence-corrected chi connectivity index (χ2v) is 30.8. The fourth-order valence-electron chi connectivity index (χ4n) is 15.8. The highest BCUT2D eigenvalue weighted by Crippen LogP contribution is 2.39. The second-order valence-electron chi connectivity index (χ2n) is 30.8. The van der Waals surface area contributed by atoms with Gasteiger partial charge in [-0.1, -0.05) is 344 Å². The Morgan fingerprint density at radius 3 is 0.705 bits per heavy atom. The number of hydrogen-bond acceptors (Lipinski definition) is 2. The fraction of sp³-hybridized carbons (Fsp3) is 0.145. The molecule has 16 aromatic rings. The molecule has 0 fully saturated rings. The van der Waals surface area contributed by atoms with Gasteiger partial charge in [-0.05, 0) is 293 Å². The predicted octanol–water partition coefficient (Wildman–Crippen LogP) is 30.7. The number of hydrogen-bond donors (Lipinski definition) is 0. The summed E-state index contributed by atoms with van der Waals surface area (Å²) in [5.74, 6) is 0.760. The van der Waals surface area contributed by atoms with E-state index in [4.69, 9.17) is 9.97 Å². The van der Waals surface area contributed by atoms with Gasteiger partial charge >= 0.3 is 0 Å². The maximum Gasteiger partial charge on any atom is 0.159 e. The van der Waals surface area contributed by atoms with Gasteiger partial charge in [0.2, 0.25) is 0 Å². The van der Waals surface area contributed by atoms with Gasteiger partial charge in [-0.2, -0.15) is 0 Å². The van der Waals surface area contributed by atoms with Crippen LogP contribution in [0.1, 0.15) is 93.8 Å². The molecule has 0 atom stereocenters. The zero-order valence-corrected chi connectivity index (χ0v) is 66.8. The highest BCUT2D eigenvalue weighted by molar-refractivity contribution is 5.86. The number of aryl methyl sites for hydroxylation is 11. The van der Waals surface area contributed by atoms with Gasteiger partial charge in [-0.15, -0.1) is 0 Å². The van der Waals surface area contributed by atoms with Crippen molar-refractivity contribution in [1.29, 1.82) is 0 Å². The van der Waals surface area contributed by atoms with E-state index in [1.54, 1.807) is 0 Å². The van der Waals surface area contributed by atoms with Crippen LogP contribution in [0.4, 0.5) is 0 Å². The molecule has 0 aliphatic rings. The minimum absolute atomic E-state index is 0.760. The first-order valence-corrected chi connectivity index (χ1v) is 39.7. The molecule has 0 saturated heterocycles. The van der Waals surface area contributed by atoms with Gasteiger partial charge in [0.1, 0.15) is 0 Å². The summed E-state index contributed by atoms with van der Waals surface area (Å²) in [6.07, 6.45) is 10.0. The van der Waals surface area contributed by atoms with Crippen LogP contribution in [0.3, 0.4) is 0 Å². The van der Waals surface area contributed by atoms with Gasteiger partial charge in [0.05, 0.1) is 0 Å². The summed E-state index contributed by atoms with van der Waals surface area (Å²) >= 11 is 0. The predicted molar refractivity (Wildman–Crippen MR) is 481 cm³/mol. The fourth-order valence-corrected chi connectivity index (χ4v) is 15.8. The topological polar surface area (TPSA) is 25.8 Å². The van der Waals surface area contributed by atoms with Crippen molar-refractivity contribution in [3.8, 4) is 145 Å². The molecule has 2 heteroatoms. The van der Waals surface area contributed by atoms with Crippen LogP contribution >= 0.6 is 0 Å². The van der Waals surface area contributed by atoms with Crippen LogP contribution in [0, 0.1) is 69.2 Å².